The van der Waals surface area contributed by atoms with Crippen LogP contribution in [0.3, 0.4) is 0 Å². The number of amides is 1. The van der Waals surface area contributed by atoms with Crippen molar-refractivity contribution in [3.8, 4) is 0 Å². The second-order valence-electron chi connectivity index (χ2n) is 3.37. The van der Waals surface area contributed by atoms with Crippen molar-refractivity contribution in [1.29, 1.82) is 0 Å². The van der Waals surface area contributed by atoms with Crippen LogP contribution in [0.15, 0.2) is 11.8 Å². The molecule has 64 valence electrons. The fourth-order valence-corrected chi connectivity index (χ4v) is 0.898. The maximum Gasteiger partial charge on any atom is 0.302 e. The van der Waals surface area contributed by atoms with Gasteiger partial charge >= 0.3 is 5.91 Å². The van der Waals surface area contributed by atoms with E-state index in [1.807, 2.05) is 34.1 Å². The van der Waals surface area contributed by atoms with E-state index in [0.717, 1.165) is 6.42 Å². The van der Waals surface area contributed by atoms with Gasteiger partial charge in [0, 0.05) is 0 Å². The number of carbonyl (C=O) groups excluding carboxylic acids is 1. The van der Waals surface area contributed by atoms with E-state index in [-0.39, 0.29) is 5.91 Å². The van der Waals surface area contributed by atoms with Gasteiger partial charge in [-0.15, -0.1) is 0 Å². The molecule has 11 heavy (non-hydrogen) atoms. The molecule has 0 saturated carbocycles. The molecule has 3 nitrogen and oxygen atoms in total. The Labute approximate surface area is 68.1 Å². The minimum Gasteiger partial charge on any atom is -0.361 e. The van der Waals surface area contributed by atoms with Crippen LogP contribution in [0.2, 0.25) is 0 Å². The highest BCUT2D eigenvalue weighted by Crippen LogP contribution is 2.07. The number of quaternary nitrogens is 1. The molecule has 0 heterocycles. The first kappa shape index (κ1) is 10.2. The third-order valence-electron chi connectivity index (χ3n) is 1.37. The number of carbonyl (C=O) groups is 1. The van der Waals surface area contributed by atoms with Crippen LogP contribution >= 0.6 is 0 Å². The smallest absolute Gasteiger partial charge is 0.302 e. The standard InChI is InChI=1S/C8H16N2O/c1-5-6-7(8(9)11)10(2,3)4/h6H,5H2,1-4H3,(H-,9,11)/p+1/b7-6+. The van der Waals surface area contributed by atoms with E-state index in [9.17, 15) is 4.79 Å². The minimum atomic E-state index is -0.334. The largest absolute Gasteiger partial charge is 0.361 e. The zero-order valence-electron chi connectivity index (χ0n) is 7.72. The zero-order valence-corrected chi connectivity index (χ0v) is 7.72. The summed E-state index contributed by atoms with van der Waals surface area (Å²) >= 11 is 0. The van der Waals surface area contributed by atoms with Crippen LogP contribution in [0.4, 0.5) is 0 Å². The van der Waals surface area contributed by atoms with E-state index in [4.69, 9.17) is 5.73 Å². The molecule has 0 aliphatic rings. The van der Waals surface area contributed by atoms with Crippen LogP contribution < -0.4 is 5.73 Å². The first-order valence-corrected chi connectivity index (χ1v) is 3.71. The van der Waals surface area contributed by atoms with Crippen molar-refractivity contribution in [2.45, 2.75) is 13.3 Å². The maximum atomic E-state index is 10.9. The van der Waals surface area contributed by atoms with Gasteiger partial charge in [-0.3, -0.25) is 9.28 Å². The van der Waals surface area contributed by atoms with Gasteiger partial charge in [0.2, 0.25) is 0 Å². The van der Waals surface area contributed by atoms with Gasteiger partial charge in [-0.25, -0.2) is 0 Å². The summed E-state index contributed by atoms with van der Waals surface area (Å²) in [6, 6.07) is 0. The van der Waals surface area contributed by atoms with E-state index >= 15 is 0 Å². The Balaban J connectivity index is 4.63. The van der Waals surface area contributed by atoms with Gasteiger partial charge in [-0.05, 0) is 12.5 Å². The highest BCUT2D eigenvalue weighted by atomic mass is 16.1. The number of likely N-dealkylation sites (N-methyl/N-ethyl adjacent to an activating group) is 1. The Morgan fingerprint density at radius 1 is 1.45 bits per heavy atom. The van der Waals surface area contributed by atoms with Crippen LogP contribution in [0.25, 0.3) is 0 Å². The Kier molecular flexibility index (Phi) is 3.26. The molecule has 2 N–H and O–H groups in total. The molecule has 0 aromatic rings. The van der Waals surface area contributed by atoms with Crippen molar-refractivity contribution in [3.05, 3.63) is 11.8 Å². The van der Waals surface area contributed by atoms with Crippen LogP contribution in [0.1, 0.15) is 13.3 Å². The number of hydrogen-bond acceptors (Lipinski definition) is 1. The molecule has 0 saturated heterocycles. The summed E-state index contributed by atoms with van der Waals surface area (Å²) in [5.41, 5.74) is 5.85. The number of rotatable bonds is 3. The molecule has 0 unspecified atom stereocenters. The molecule has 0 spiro atoms. The summed E-state index contributed by atoms with van der Waals surface area (Å²) in [7, 11) is 5.77. The lowest BCUT2D eigenvalue weighted by Gasteiger charge is -2.23. The van der Waals surface area contributed by atoms with Gasteiger partial charge in [0.05, 0.1) is 21.1 Å². The number of nitrogens with two attached hydrogens (primary N) is 1. The molecule has 0 rings (SSSR count). The summed E-state index contributed by atoms with van der Waals surface area (Å²) < 4.78 is 0.489. The highest BCUT2D eigenvalue weighted by Gasteiger charge is 2.20. The Hall–Kier alpha value is -0.830. The quantitative estimate of drug-likeness (QED) is 0.469. The number of nitrogens with zero attached hydrogens (tertiary/aromatic N) is 1. The van der Waals surface area contributed by atoms with E-state index in [0.29, 0.717) is 10.2 Å². The van der Waals surface area contributed by atoms with Gasteiger partial charge in [0.1, 0.15) is 0 Å². The predicted molar refractivity (Wildman–Crippen MR) is 45.6 cm³/mol. The van der Waals surface area contributed by atoms with Crippen molar-refractivity contribution < 1.29 is 9.28 Å². The van der Waals surface area contributed by atoms with Crippen molar-refractivity contribution >= 4 is 5.91 Å². The van der Waals surface area contributed by atoms with Crippen molar-refractivity contribution in [3.63, 3.8) is 0 Å². The highest BCUT2D eigenvalue weighted by molar-refractivity contribution is 5.89. The lowest BCUT2D eigenvalue weighted by Crippen LogP contribution is -2.39. The Morgan fingerprint density at radius 2 is 1.91 bits per heavy atom. The fraction of sp³-hybridized carbons (Fsp3) is 0.625. The third kappa shape index (κ3) is 3.18. The molecule has 3 heteroatoms. The predicted octanol–water partition coefficient (Wildman–Crippen LogP) is 0.472. The molecular weight excluding hydrogens is 140 g/mol. The molecule has 0 aliphatic carbocycles. The zero-order chi connectivity index (χ0) is 9.07. The maximum absolute atomic E-state index is 10.9. The topological polar surface area (TPSA) is 43.1 Å². The van der Waals surface area contributed by atoms with Crippen molar-refractivity contribution in [2.24, 2.45) is 5.73 Å². The van der Waals surface area contributed by atoms with Gasteiger partial charge in [-0.2, -0.15) is 0 Å². The van der Waals surface area contributed by atoms with Gasteiger partial charge in [0.25, 0.3) is 0 Å². The SMILES string of the molecule is CC/C=C(\C(N)=O)[N+](C)(C)C. The lowest BCUT2D eigenvalue weighted by atomic mass is 10.3. The summed E-state index contributed by atoms with van der Waals surface area (Å²) in [6.45, 7) is 1.98. The lowest BCUT2D eigenvalue weighted by molar-refractivity contribution is -0.826. The van der Waals surface area contributed by atoms with E-state index in [1.165, 1.54) is 0 Å². The average molecular weight is 157 g/mol. The number of allylic oxidation sites excluding steroid dienone is 1. The minimum absolute atomic E-state index is 0.334. The fourth-order valence-electron chi connectivity index (χ4n) is 0.898. The molecule has 0 atom stereocenters. The number of hydrogen-bond donors (Lipinski definition) is 1. The Bertz CT molecular complexity index is 177. The Morgan fingerprint density at radius 3 is 2.00 bits per heavy atom. The van der Waals surface area contributed by atoms with E-state index in [2.05, 4.69) is 0 Å². The molecule has 0 fully saturated rings. The van der Waals surface area contributed by atoms with Crippen molar-refractivity contribution in [1.82, 2.24) is 0 Å². The van der Waals surface area contributed by atoms with E-state index < -0.39 is 0 Å². The molecule has 0 radical (unpaired) electrons. The summed E-state index contributed by atoms with van der Waals surface area (Å²) in [6.07, 6.45) is 2.70. The monoisotopic (exact) mass is 157 g/mol. The molecular formula is C8H17N2O+. The molecule has 0 aliphatic heterocycles. The van der Waals surface area contributed by atoms with Crippen LogP contribution in [-0.4, -0.2) is 31.5 Å². The molecule has 0 bridgehead atoms. The van der Waals surface area contributed by atoms with Gasteiger partial charge < -0.3 is 5.73 Å². The van der Waals surface area contributed by atoms with Crippen LogP contribution in [0, 0.1) is 0 Å². The molecule has 1 amide bonds. The third-order valence-corrected chi connectivity index (χ3v) is 1.37. The second kappa shape index (κ2) is 3.53. The van der Waals surface area contributed by atoms with Gasteiger partial charge in [-0.1, -0.05) is 6.92 Å². The average Bonchev–Trinajstić information content (AvgIpc) is 1.79. The van der Waals surface area contributed by atoms with Crippen molar-refractivity contribution in [2.75, 3.05) is 21.1 Å². The van der Waals surface area contributed by atoms with E-state index in [1.54, 1.807) is 0 Å². The summed E-state index contributed by atoms with van der Waals surface area (Å²) in [4.78, 5) is 10.9. The van der Waals surface area contributed by atoms with Gasteiger partial charge in [0.15, 0.2) is 5.70 Å². The molecule has 0 aromatic heterocycles. The second-order valence-corrected chi connectivity index (χ2v) is 3.37. The van der Waals surface area contributed by atoms with Crippen LogP contribution in [-0.2, 0) is 4.79 Å². The first-order chi connectivity index (χ1) is 4.89. The summed E-state index contributed by atoms with van der Waals surface area (Å²) in [5, 5.41) is 0. The number of primary amides is 1. The molecule has 0 aromatic carbocycles. The summed E-state index contributed by atoms with van der Waals surface area (Å²) in [5.74, 6) is -0.334. The van der Waals surface area contributed by atoms with Crippen LogP contribution in [0.5, 0.6) is 0 Å². The normalized spacial score (nSPS) is 13.3. The first-order valence-electron chi connectivity index (χ1n) is 3.71.